The number of methoxy groups -OCH3 is 2. The van der Waals surface area contributed by atoms with Crippen LogP contribution in [0.2, 0.25) is 0 Å². The number of pyridine rings is 1. The Morgan fingerprint density at radius 1 is 1.26 bits per heavy atom. The van der Waals surface area contributed by atoms with E-state index in [0.717, 1.165) is 11.1 Å². The standard InChI is InChI=1S/C17H18N2O3S/c1-21-14-7-3-6-13(16(14)22-2)17-19(15(20)11-23-17)10-12-5-4-8-18-9-12/h3-9,17H,10-11H2,1-2H3. The van der Waals surface area contributed by atoms with Crippen molar-refractivity contribution in [1.82, 2.24) is 9.88 Å². The molecule has 0 bridgehead atoms. The van der Waals surface area contributed by atoms with Crippen molar-refractivity contribution >= 4 is 17.7 Å². The van der Waals surface area contributed by atoms with Crippen molar-refractivity contribution in [3.05, 3.63) is 53.9 Å². The van der Waals surface area contributed by atoms with Gasteiger partial charge in [0, 0.05) is 24.5 Å². The highest BCUT2D eigenvalue weighted by Gasteiger charge is 2.35. The number of benzene rings is 1. The van der Waals surface area contributed by atoms with Crippen molar-refractivity contribution in [2.45, 2.75) is 11.9 Å². The van der Waals surface area contributed by atoms with Gasteiger partial charge in [-0.3, -0.25) is 9.78 Å². The third kappa shape index (κ3) is 3.12. The first-order valence-corrected chi connectivity index (χ1v) is 8.30. The van der Waals surface area contributed by atoms with Crippen LogP contribution in [-0.4, -0.2) is 35.8 Å². The SMILES string of the molecule is COc1cccc(C2SCC(=O)N2Cc2cccnc2)c1OC. The zero-order chi connectivity index (χ0) is 16.2. The molecular weight excluding hydrogens is 312 g/mol. The van der Waals surface area contributed by atoms with E-state index in [-0.39, 0.29) is 11.3 Å². The van der Waals surface area contributed by atoms with Crippen LogP contribution in [0.5, 0.6) is 11.5 Å². The molecule has 5 nitrogen and oxygen atoms in total. The number of carbonyl (C=O) groups excluding carboxylic acids is 1. The van der Waals surface area contributed by atoms with Gasteiger partial charge >= 0.3 is 0 Å². The van der Waals surface area contributed by atoms with Gasteiger partial charge < -0.3 is 14.4 Å². The molecule has 1 aromatic carbocycles. The summed E-state index contributed by atoms with van der Waals surface area (Å²) in [5.74, 6) is 1.93. The lowest BCUT2D eigenvalue weighted by Crippen LogP contribution is -2.28. The van der Waals surface area contributed by atoms with Gasteiger partial charge in [-0.1, -0.05) is 18.2 Å². The zero-order valence-corrected chi connectivity index (χ0v) is 13.9. The van der Waals surface area contributed by atoms with E-state index < -0.39 is 0 Å². The summed E-state index contributed by atoms with van der Waals surface area (Å²) >= 11 is 1.60. The number of amides is 1. The molecule has 3 rings (SSSR count). The number of hydrogen-bond acceptors (Lipinski definition) is 5. The lowest BCUT2D eigenvalue weighted by molar-refractivity contribution is -0.128. The molecule has 6 heteroatoms. The van der Waals surface area contributed by atoms with E-state index in [1.165, 1.54) is 0 Å². The van der Waals surface area contributed by atoms with Gasteiger partial charge in [0.25, 0.3) is 0 Å². The number of nitrogens with zero attached hydrogens (tertiary/aromatic N) is 2. The molecule has 1 aliphatic rings. The van der Waals surface area contributed by atoms with Crippen molar-refractivity contribution in [2.75, 3.05) is 20.0 Å². The van der Waals surface area contributed by atoms with Gasteiger partial charge in [-0.05, 0) is 17.7 Å². The predicted octanol–water partition coefficient (Wildman–Crippen LogP) is 2.87. The highest BCUT2D eigenvalue weighted by molar-refractivity contribution is 8.00. The molecule has 0 saturated carbocycles. The van der Waals surface area contributed by atoms with Gasteiger partial charge in [0.05, 0.1) is 20.0 Å². The molecule has 1 unspecified atom stereocenters. The Bertz CT molecular complexity index is 693. The fourth-order valence-electron chi connectivity index (χ4n) is 2.68. The second-order valence-electron chi connectivity index (χ2n) is 5.13. The molecule has 1 aromatic heterocycles. The second kappa shape index (κ2) is 6.91. The maximum absolute atomic E-state index is 12.3. The number of para-hydroxylation sites is 1. The molecule has 0 radical (unpaired) electrons. The largest absolute Gasteiger partial charge is 0.493 e. The minimum absolute atomic E-state index is 0.0900. The number of rotatable bonds is 5. The summed E-state index contributed by atoms with van der Waals surface area (Å²) in [4.78, 5) is 18.3. The highest BCUT2D eigenvalue weighted by Crippen LogP contribution is 2.45. The normalized spacial score (nSPS) is 17.4. The van der Waals surface area contributed by atoms with Crippen LogP contribution in [0.25, 0.3) is 0 Å². The van der Waals surface area contributed by atoms with Gasteiger partial charge in [-0.15, -0.1) is 11.8 Å². The van der Waals surface area contributed by atoms with E-state index >= 15 is 0 Å². The van der Waals surface area contributed by atoms with Crippen LogP contribution >= 0.6 is 11.8 Å². The summed E-state index contributed by atoms with van der Waals surface area (Å²) < 4.78 is 10.9. The maximum atomic E-state index is 12.3. The van der Waals surface area contributed by atoms with Gasteiger partial charge in [0.2, 0.25) is 5.91 Å². The van der Waals surface area contributed by atoms with Crippen LogP contribution in [0.1, 0.15) is 16.5 Å². The molecular formula is C17H18N2O3S. The van der Waals surface area contributed by atoms with Crippen LogP contribution in [0.15, 0.2) is 42.7 Å². The lowest BCUT2D eigenvalue weighted by atomic mass is 10.1. The average molecular weight is 330 g/mol. The van der Waals surface area contributed by atoms with Gasteiger partial charge in [-0.2, -0.15) is 0 Å². The summed E-state index contributed by atoms with van der Waals surface area (Å²) in [6, 6.07) is 9.61. The van der Waals surface area contributed by atoms with Crippen LogP contribution in [-0.2, 0) is 11.3 Å². The molecule has 0 spiro atoms. The Balaban J connectivity index is 1.93. The zero-order valence-electron chi connectivity index (χ0n) is 13.1. The smallest absolute Gasteiger partial charge is 0.234 e. The van der Waals surface area contributed by atoms with Crippen molar-refractivity contribution in [3.8, 4) is 11.5 Å². The molecule has 0 aliphatic carbocycles. The summed E-state index contributed by atoms with van der Waals surface area (Å²) in [6.07, 6.45) is 3.52. The maximum Gasteiger partial charge on any atom is 0.234 e. The van der Waals surface area contributed by atoms with Crippen LogP contribution in [0.4, 0.5) is 0 Å². The third-order valence-electron chi connectivity index (χ3n) is 3.74. The fraction of sp³-hybridized carbons (Fsp3) is 0.294. The number of carbonyl (C=O) groups is 1. The number of thioether (sulfide) groups is 1. The first-order chi connectivity index (χ1) is 11.2. The summed E-state index contributed by atoms with van der Waals surface area (Å²) in [7, 11) is 3.23. The van der Waals surface area contributed by atoms with Crippen LogP contribution in [0, 0.1) is 0 Å². The Morgan fingerprint density at radius 2 is 2.13 bits per heavy atom. The molecule has 120 valence electrons. The predicted molar refractivity (Wildman–Crippen MR) is 89.5 cm³/mol. The molecule has 1 fully saturated rings. The Morgan fingerprint density at radius 3 is 2.83 bits per heavy atom. The number of ether oxygens (including phenoxy) is 2. The quantitative estimate of drug-likeness (QED) is 0.844. The van der Waals surface area contributed by atoms with Gasteiger partial charge in [-0.25, -0.2) is 0 Å². The van der Waals surface area contributed by atoms with Gasteiger partial charge in [0.1, 0.15) is 5.37 Å². The van der Waals surface area contributed by atoms with E-state index in [1.54, 1.807) is 38.4 Å². The molecule has 1 aliphatic heterocycles. The molecule has 1 atom stereocenters. The molecule has 0 N–H and O–H groups in total. The summed E-state index contributed by atoms with van der Waals surface area (Å²) in [5, 5.41) is -0.0900. The average Bonchev–Trinajstić information content (AvgIpc) is 2.95. The highest BCUT2D eigenvalue weighted by atomic mass is 32.2. The molecule has 1 amide bonds. The minimum atomic E-state index is -0.0900. The van der Waals surface area contributed by atoms with E-state index in [9.17, 15) is 4.79 Å². The number of aromatic nitrogens is 1. The second-order valence-corrected chi connectivity index (χ2v) is 6.20. The fourth-order valence-corrected chi connectivity index (χ4v) is 3.88. The van der Waals surface area contributed by atoms with E-state index in [0.29, 0.717) is 23.8 Å². The van der Waals surface area contributed by atoms with Crippen LogP contribution < -0.4 is 9.47 Å². The number of hydrogen-bond donors (Lipinski definition) is 0. The lowest BCUT2D eigenvalue weighted by Gasteiger charge is -2.26. The molecule has 2 heterocycles. The van der Waals surface area contributed by atoms with Gasteiger partial charge in [0.15, 0.2) is 11.5 Å². The van der Waals surface area contributed by atoms with Crippen molar-refractivity contribution in [3.63, 3.8) is 0 Å². The van der Waals surface area contributed by atoms with Crippen LogP contribution in [0.3, 0.4) is 0 Å². The monoisotopic (exact) mass is 330 g/mol. The Labute approximate surface area is 139 Å². The molecule has 2 aromatic rings. The molecule has 23 heavy (non-hydrogen) atoms. The van der Waals surface area contributed by atoms with E-state index in [4.69, 9.17) is 9.47 Å². The molecule has 1 saturated heterocycles. The third-order valence-corrected chi connectivity index (χ3v) is 4.98. The van der Waals surface area contributed by atoms with Crippen molar-refractivity contribution < 1.29 is 14.3 Å². The Hall–Kier alpha value is -2.21. The summed E-state index contributed by atoms with van der Waals surface area (Å²) in [6.45, 7) is 0.532. The van der Waals surface area contributed by atoms with Crippen molar-refractivity contribution in [1.29, 1.82) is 0 Å². The topological polar surface area (TPSA) is 51.7 Å². The van der Waals surface area contributed by atoms with E-state index in [2.05, 4.69) is 4.98 Å². The first kappa shape index (κ1) is 15.7. The minimum Gasteiger partial charge on any atom is -0.493 e. The van der Waals surface area contributed by atoms with E-state index in [1.807, 2.05) is 35.2 Å². The van der Waals surface area contributed by atoms with Crippen molar-refractivity contribution in [2.24, 2.45) is 0 Å². The summed E-state index contributed by atoms with van der Waals surface area (Å²) in [5.41, 5.74) is 1.96. The first-order valence-electron chi connectivity index (χ1n) is 7.25. The Kier molecular flexibility index (Phi) is 4.71.